The summed E-state index contributed by atoms with van der Waals surface area (Å²) in [4.78, 5) is 16.4. The van der Waals surface area contributed by atoms with Crippen molar-refractivity contribution >= 4 is 38.3 Å². The molecule has 0 spiro atoms. The number of hydrazine groups is 1. The number of nitrogens with zero attached hydrogens (tertiary/aromatic N) is 2. The molecule has 0 unspecified atom stereocenters. The Hall–Kier alpha value is -3.17. The fourth-order valence-corrected chi connectivity index (χ4v) is 4.33. The summed E-state index contributed by atoms with van der Waals surface area (Å²) in [5, 5.41) is 4.72. The number of anilines is 2. The molecule has 0 radical (unpaired) electrons. The van der Waals surface area contributed by atoms with E-state index in [4.69, 9.17) is 0 Å². The summed E-state index contributed by atoms with van der Waals surface area (Å²) in [6.07, 6.45) is 1.26. The Kier molecular flexibility index (Phi) is 6.30. The molecule has 0 saturated carbocycles. The Morgan fingerprint density at radius 3 is 2.41 bits per heavy atom. The van der Waals surface area contributed by atoms with Crippen molar-refractivity contribution in [3.8, 4) is 0 Å². The van der Waals surface area contributed by atoms with Crippen LogP contribution in [-0.2, 0) is 10.0 Å². The van der Waals surface area contributed by atoms with Gasteiger partial charge in [-0.25, -0.2) is 18.2 Å². The van der Waals surface area contributed by atoms with Crippen molar-refractivity contribution in [2.24, 2.45) is 0 Å². The molecule has 0 atom stereocenters. The smallest absolute Gasteiger partial charge is 0.306 e. The molecule has 3 rings (SSSR count). The maximum Gasteiger partial charge on any atom is 0.337 e. The molecule has 2 amide bonds. The third kappa shape index (κ3) is 4.64. The van der Waals surface area contributed by atoms with Crippen molar-refractivity contribution in [2.75, 3.05) is 23.8 Å². The zero-order chi connectivity index (χ0) is 20.9. The van der Waals surface area contributed by atoms with Gasteiger partial charge in [-0.3, -0.25) is 10.9 Å². The summed E-state index contributed by atoms with van der Waals surface area (Å²) in [6, 6.07) is 15.8. The summed E-state index contributed by atoms with van der Waals surface area (Å²) >= 11 is 0. The van der Waals surface area contributed by atoms with Gasteiger partial charge in [-0.2, -0.15) is 4.31 Å². The quantitative estimate of drug-likeness (QED) is 0.515. The molecule has 9 heteroatoms. The molecule has 29 heavy (non-hydrogen) atoms. The normalized spacial score (nSPS) is 11.4. The van der Waals surface area contributed by atoms with Crippen molar-refractivity contribution in [2.45, 2.75) is 18.7 Å². The third-order valence-corrected chi connectivity index (χ3v) is 6.45. The average molecular weight is 414 g/mol. The van der Waals surface area contributed by atoms with Crippen LogP contribution in [0.4, 0.5) is 16.3 Å². The number of benzene rings is 2. The van der Waals surface area contributed by atoms with Crippen LogP contribution in [0, 0.1) is 0 Å². The molecule has 0 aliphatic heterocycles. The maximum atomic E-state index is 12.5. The van der Waals surface area contributed by atoms with Crippen LogP contribution in [0.1, 0.15) is 13.8 Å². The minimum absolute atomic E-state index is 0.104. The number of pyridine rings is 1. The Morgan fingerprint density at radius 1 is 1.00 bits per heavy atom. The Morgan fingerprint density at radius 2 is 1.72 bits per heavy atom. The number of rotatable bonds is 7. The number of sulfonamides is 1. The molecule has 8 nitrogen and oxygen atoms in total. The second-order valence-corrected chi connectivity index (χ2v) is 8.14. The van der Waals surface area contributed by atoms with E-state index < -0.39 is 16.1 Å². The van der Waals surface area contributed by atoms with E-state index >= 15 is 0 Å². The van der Waals surface area contributed by atoms with Crippen molar-refractivity contribution < 1.29 is 13.2 Å². The Bertz CT molecular complexity index is 1090. The first-order valence-electron chi connectivity index (χ1n) is 9.22. The fourth-order valence-electron chi connectivity index (χ4n) is 2.93. The summed E-state index contributed by atoms with van der Waals surface area (Å²) in [5.41, 5.74) is 5.84. The molecule has 2 aromatic carbocycles. The lowest BCUT2D eigenvalue weighted by molar-refractivity contribution is 0.254. The van der Waals surface area contributed by atoms with Crippen molar-refractivity contribution in [1.82, 2.24) is 14.7 Å². The van der Waals surface area contributed by atoms with Crippen LogP contribution in [0.25, 0.3) is 10.8 Å². The lowest BCUT2D eigenvalue weighted by Crippen LogP contribution is -2.34. The van der Waals surface area contributed by atoms with E-state index in [-0.39, 0.29) is 4.90 Å². The van der Waals surface area contributed by atoms with Crippen LogP contribution < -0.4 is 16.2 Å². The maximum absolute atomic E-state index is 12.5. The first-order chi connectivity index (χ1) is 14.0. The van der Waals surface area contributed by atoms with Crippen LogP contribution >= 0.6 is 0 Å². The molecule has 1 aromatic heterocycles. The highest BCUT2D eigenvalue weighted by atomic mass is 32.2. The van der Waals surface area contributed by atoms with Crippen LogP contribution in [-0.4, -0.2) is 36.8 Å². The van der Waals surface area contributed by atoms with E-state index in [1.54, 1.807) is 13.8 Å². The lowest BCUT2D eigenvalue weighted by Gasteiger charge is -2.18. The number of carbonyl (C=O) groups excluding carboxylic acids is 1. The first kappa shape index (κ1) is 20.6. The molecule has 0 bridgehead atoms. The fraction of sp³-hybridized carbons (Fsp3) is 0.200. The Labute approximate surface area is 170 Å². The zero-order valence-corrected chi connectivity index (χ0v) is 17.0. The lowest BCUT2D eigenvalue weighted by atomic mass is 10.1. The molecule has 0 fully saturated rings. The van der Waals surface area contributed by atoms with Gasteiger partial charge in [0.2, 0.25) is 10.0 Å². The van der Waals surface area contributed by atoms with Gasteiger partial charge in [0.25, 0.3) is 0 Å². The van der Waals surface area contributed by atoms with Gasteiger partial charge >= 0.3 is 6.03 Å². The summed E-state index contributed by atoms with van der Waals surface area (Å²) in [5.74, 6) is 0.316. The molecule has 152 valence electrons. The minimum Gasteiger partial charge on any atom is -0.306 e. The number of aromatic nitrogens is 1. The van der Waals surface area contributed by atoms with Gasteiger partial charge in [0.15, 0.2) is 0 Å². The van der Waals surface area contributed by atoms with Gasteiger partial charge in [0.05, 0.1) is 5.69 Å². The van der Waals surface area contributed by atoms with Gasteiger partial charge in [-0.15, -0.1) is 0 Å². The zero-order valence-electron chi connectivity index (χ0n) is 16.2. The molecule has 0 aliphatic rings. The van der Waals surface area contributed by atoms with Gasteiger partial charge in [0, 0.05) is 24.7 Å². The largest absolute Gasteiger partial charge is 0.337 e. The number of carbonyl (C=O) groups is 1. The molecule has 3 aromatic rings. The monoisotopic (exact) mass is 413 g/mol. The first-order valence-corrected chi connectivity index (χ1v) is 10.7. The Balaban J connectivity index is 1.63. The van der Waals surface area contributed by atoms with Crippen LogP contribution in [0.2, 0.25) is 0 Å². The average Bonchev–Trinajstić information content (AvgIpc) is 2.73. The third-order valence-electron chi connectivity index (χ3n) is 4.42. The van der Waals surface area contributed by atoms with E-state index in [9.17, 15) is 13.2 Å². The van der Waals surface area contributed by atoms with E-state index in [0.29, 0.717) is 24.6 Å². The van der Waals surface area contributed by atoms with Gasteiger partial charge < -0.3 is 5.32 Å². The summed E-state index contributed by atoms with van der Waals surface area (Å²) in [6.45, 7) is 4.33. The molecular weight excluding hydrogens is 390 g/mol. The number of hydrogen-bond acceptors (Lipinski definition) is 5. The van der Waals surface area contributed by atoms with Gasteiger partial charge in [-0.05, 0) is 23.6 Å². The highest BCUT2D eigenvalue weighted by molar-refractivity contribution is 7.89. The highest BCUT2D eigenvalue weighted by Gasteiger charge is 2.21. The van der Waals surface area contributed by atoms with E-state index in [1.807, 2.05) is 42.5 Å². The van der Waals surface area contributed by atoms with Gasteiger partial charge in [0.1, 0.15) is 10.7 Å². The number of amides is 2. The van der Waals surface area contributed by atoms with Crippen LogP contribution in [0.5, 0.6) is 0 Å². The van der Waals surface area contributed by atoms with Crippen molar-refractivity contribution in [3.05, 3.63) is 60.8 Å². The second-order valence-electron chi connectivity index (χ2n) is 6.20. The van der Waals surface area contributed by atoms with Gasteiger partial charge in [-0.1, -0.05) is 50.2 Å². The molecule has 1 heterocycles. The van der Waals surface area contributed by atoms with E-state index in [0.717, 1.165) is 10.8 Å². The van der Waals surface area contributed by atoms with Crippen molar-refractivity contribution in [1.29, 1.82) is 0 Å². The highest BCUT2D eigenvalue weighted by Crippen LogP contribution is 2.22. The topological polar surface area (TPSA) is 103 Å². The number of hydrogen-bond donors (Lipinski definition) is 3. The number of fused-ring (bicyclic) bond motifs is 1. The summed E-state index contributed by atoms with van der Waals surface area (Å²) < 4.78 is 26.3. The standard InChI is InChI=1S/C20H23N5O3S/c1-3-25(4-2)29(27,28)16-12-13-19(21-14-16)23-24-20(26)22-18-11-7-9-15-8-5-6-10-17(15)18/h5-14H,3-4H2,1-2H3,(H,21,23)(H2,22,24,26). The minimum atomic E-state index is -3.57. The molecule has 3 N–H and O–H groups in total. The van der Waals surface area contributed by atoms with Crippen molar-refractivity contribution in [3.63, 3.8) is 0 Å². The molecular formula is C20H23N5O3S. The predicted octanol–water partition coefficient (Wildman–Crippen LogP) is 3.41. The van der Waals surface area contributed by atoms with E-state index in [1.165, 1.54) is 22.6 Å². The molecule has 0 aliphatic carbocycles. The summed E-state index contributed by atoms with van der Waals surface area (Å²) in [7, 11) is -3.57. The molecule has 0 saturated heterocycles. The van der Waals surface area contributed by atoms with Crippen LogP contribution in [0.15, 0.2) is 65.7 Å². The van der Waals surface area contributed by atoms with E-state index in [2.05, 4.69) is 21.2 Å². The number of urea groups is 1. The van der Waals surface area contributed by atoms with Crippen LogP contribution in [0.3, 0.4) is 0 Å². The predicted molar refractivity (Wildman–Crippen MR) is 114 cm³/mol. The number of nitrogens with one attached hydrogen (secondary N) is 3. The second kappa shape index (κ2) is 8.89. The SMILES string of the molecule is CCN(CC)S(=O)(=O)c1ccc(NNC(=O)Nc2cccc3ccccc23)nc1.